The Kier molecular flexibility index (Phi) is 10.4. The van der Waals surface area contributed by atoms with Gasteiger partial charge in [-0.15, -0.1) is 0 Å². The lowest BCUT2D eigenvalue weighted by molar-refractivity contribution is -0.138. The van der Waals surface area contributed by atoms with Gasteiger partial charge in [0.05, 0.1) is 13.1 Å². The van der Waals surface area contributed by atoms with E-state index < -0.39 is 17.7 Å². The molecule has 0 aromatic heterocycles. The third-order valence-corrected chi connectivity index (χ3v) is 6.70. The van der Waals surface area contributed by atoms with E-state index in [1.54, 1.807) is 25.7 Å². The average molecular weight is 526 g/mol. The number of ether oxygens (including phenoxy) is 2. The van der Waals surface area contributed by atoms with Crippen LogP contribution in [0, 0.1) is 5.41 Å². The number of carboxylic acids is 1. The molecular formula is C24H43N7O6. The summed E-state index contributed by atoms with van der Waals surface area (Å²) in [7, 11) is 0. The predicted molar refractivity (Wildman–Crippen MR) is 137 cm³/mol. The maximum absolute atomic E-state index is 12.3. The summed E-state index contributed by atoms with van der Waals surface area (Å²) in [5.74, 6) is -0.734. The van der Waals surface area contributed by atoms with Gasteiger partial charge in [-0.3, -0.25) is 30.2 Å². The van der Waals surface area contributed by atoms with E-state index in [0.29, 0.717) is 45.8 Å². The Morgan fingerprint density at radius 2 is 1.59 bits per heavy atom. The van der Waals surface area contributed by atoms with Gasteiger partial charge < -0.3 is 24.4 Å². The summed E-state index contributed by atoms with van der Waals surface area (Å²) >= 11 is 0. The Morgan fingerprint density at radius 3 is 2.22 bits per heavy atom. The zero-order chi connectivity index (χ0) is 27.0. The van der Waals surface area contributed by atoms with Crippen LogP contribution in [0.15, 0.2) is 0 Å². The molecule has 3 rings (SSSR count). The van der Waals surface area contributed by atoms with Crippen molar-refractivity contribution in [1.29, 1.82) is 5.41 Å². The number of guanidine groups is 1. The number of rotatable bonds is 9. The molecule has 0 aromatic carbocycles. The molecule has 0 aromatic rings. The lowest BCUT2D eigenvalue weighted by atomic mass is 10.2. The SMILES string of the molecule is CC(C)(C)OC(=O)NC(=N)N1CCN(CCCCN2CC(CN3CCN(CC(=O)O)CC3)OC2=O)CC1. The van der Waals surface area contributed by atoms with Crippen LogP contribution in [0.5, 0.6) is 0 Å². The summed E-state index contributed by atoms with van der Waals surface area (Å²) in [5.41, 5.74) is -0.601. The van der Waals surface area contributed by atoms with E-state index in [1.165, 1.54) is 0 Å². The number of alkyl carbamates (subject to hydrolysis) is 1. The third kappa shape index (κ3) is 9.97. The lowest BCUT2D eigenvalue weighted by Crippen LogP contribution is -2.53. The molecule has 0 bridgehead atoms. The van der Waals surface area contributed by atoms with Crippen molar-refractivity contribution in [3.8, 4) is 0 Å². The van der Waals surface area contributed by atoms with Crippen molar-refractivity contribution in [1.82, 2.24) is 29.8 Å². The van der Waals surface area contributed by atoms with Crippen molar-refractivity contribution < 1.29 is 29.0 Å². The highest BCUT2D eigenvalue weighted by molar-refractivity contribution is 5.92. The molecule has 3 heterocycles. The van der Waals surface area contributed by atoms with Gasteiger partial charge in [0.25, 0.3) is 0 Å². The standard InChI is InChI=1S/C24H43N7O6/c1-24(2,3)37-22(34)26-21(25)30-14-12-27(13-15-30)6-4-5-7-31-17-19(36-23(31)35)16-28-8-10-29(11-9-28)18-20(32)33/h19H,4-18H2,1-3H3,(H,32,33)(H2,25,26,34). The van der Waals surface area contributed by atoms with Crippen LogP contribution >= 0.6 is 0 Å². The number of nitrogens with one attached hydrogen (secondary N) is 2. The van der Waals surface area contributed by atoms with E-state index in [0.717, 1.165) is 45.6 Å². The molecule has 37 heavy (non-hydrogen) atoms. The van der Waals surface area contributed by atoms with E-state index in [-0.39, 0.29) is 24.7 Å². The van der Waals surface area contributed by atoms with E-state index in [4.69, 9.17) is 20.0 Å². The van der Waals surface area contributed by atoms with E-state index in [1.807, 2.05) is 9.80 Å². The second-order valence-electron chi connectivity index (χ2n) is 10.9. The number of cyclic esters (lactones) is 1. The van der Waals surface area contributed by atoms with Crippen molar-refractivity contribution in [3.63, 3.8) is 0 Å². The minimum Gasteiger partial charge on any atom is -0.480 e. The fraction of sp³-hybridized carbons (Fsp3) is 0.833. The molecule has 0 aliphatic carbocycles. The zero-order valence-corrected chi connectivity index (χ0v) is 22.4. The number of carbonyl (C=O) groups excluding carboxylic acids is 2. The van der Waals surface area contributed by atoms with Gasteiger partial charge in [0.1, 0.15) is 11.7 Å². The highest BCUT2D eigenvalue weighted by Gasteiger charge is 2.33. The fourth-order valence-corrected chi connectivity index (χ4v) is 4.77. The molecule has 3 fully saturated rings. The first kappa shape index (κ1) is 28.9. The molecule has 1 unspecified atom stereocenters. The first-order valence-corrected chi connectivity index (χ1v) is 13.2. The number of hydrogen-bond donors (Lipinski definition) is 3. The minimum atomic E-state index is -0.802. The summed E-state index contributed by atoms with van der Waals surface area (Å²) < 4.78 is 10.8. The van der Waals surface area contributed by atoms with Gasteiger partial charge >= 0.3 is 18.2 Å². The van der Waals surface area contributed by atoms with Crippen molar-refractivity contribution in [2.45, 2.75) is 45.3 Å². The molecule has 3 aliphatic rings. The molecule has 1 atom stereocenters. The number of hydrogen-bond acceptors (Lipinski definition) is 9. The Balaban J connectivity index is 1.25. The Bertz CT molecular complexity index is 804. The highest BCUT2D eigenvalue weighted by atomic mass is 16.6. The summed E-state index contributed by atoms with van der Waals surface area (Å²) in [4.78, 5) is 45.1. The first-order chi connectivity index (χ1) is 17.5. The second kappa shape index (κ2) is 13.2. The van der Waals surface area contributed by atoms with Crippen LogP contribution in [0.1, 0.15) is 33.6 Å². The van der Waals surface area contributed by atoms with Crippen LogP contribution in [-0.4, -0.2) is 151 Å². The smallest absolute Gasteiger partial charge is 0.414 e. The number of amides is 2. The van der Waals surface area contributed by atoms with E-state index in [9.17, 15) is 14.4 Å². The van der Waals surface area contributed by atoms with Gasteiger partial charge in [-0.25, -0.2) is 9.59 Å². The predicted octanol–water partition coefficient (Wildman–Crippen LogP) is 0.367. The van der Waals surface area contributed by atoms with Gasteiger partial charge in [0.15, 0.2) is 0 Å². The average Bonchev–Trinajstić information content (AvgIpc) is 3.15. The number of piperazine rings is 2. The minimum absolute atomic E-state index is 0.0677. The van der Waals surface area contributed by atoms with Gasteiger partial charge in [0, 0.05) is 65.4 Å². The molecule has 0 radical (unpaired) electrons. The molecule has 210 valence electrons. The molecule has 2 amide bonds. The molecule has 13 nitrogen and oxygen atoms in total. The van der Waals surface area contributed by atoms with Crippen molar-refractivity contribution in [2.75, 3.05) is 85.1 Å². The molecule has 0 saturated carbocycles. The monoisotopic (exact) mass is 525 g/mol. The van der Waals surface area contributed by atoms with Crippen LogP contribution in [0.3, 0.4) is 0 Å². The van der Waals surface area contributed by atoms with Crippen LogP contribution in [0.4, 0.5) is 9.59 Å². The highest BCUT2D eigenvalue weighted by Crippen LogP contribution is 2.15. The molecular weight excluding hydrogens is 482 g/mol. The normalized spacial score (nSPS) is 22.1. The first-order valence-electron chi connectivity index (χ1n) is 13.2. The largest absolute Gasteiger partial charge is 0.480 e. The topological polar surface area (TPSA) is 142 Å². The van der Waals surface area contributed by atoms with Crippen molar-refractivity contribution in [3.05, 3.63) is 0 Å². The summed E-state index contributed by atoms with van der Waals surface area (Å²) in [6, 6.07) is 0. The van der Waals surface area contributed by atoms with Crippen LogP contribution < -0.4 is 5.32 Å². The van der Waals surface area contributed by atoms with E-state index in [2.05, 4.69) is 15.1 Å². The Hall–Kier alpha value is -2.64. The fourth-order valence-electron chi connectivity index (χ4n) is 4.77. The molecule has 0 spiro atoms. The summed E-state index contributed by atoms with van der Waals surface area (Å²) in [5, 5.41) is 19.5. The van der Waals surface area contributed by atoms with Crippen LogP contribution in [0.2, 0.25) is 0 Å². The van der Waals surface area contributed by atoms with Gasteiger partial charge in [-0.2, -0.15) is 0 Å². The van der Waals surface area contributed by atoms with Crippen LogP contribution in [0.25, 0.3) is 0 Å². The number of aliphatic carboxylic acids is 1. The number of carboxylic acid groups (broad SMARTS) is 1. The number of nitrogens with zero attached hydrogens (tertiary/aromatic N) is 5. The maximum atomic E-state index is 12.3. The van der Waals surface area contributed by atoms with E-state index >= 15 is 0 Å². The van der Waals surface area contributed by atoms with Crippen molar-refractivity contribution >= 4 is 24.1 Å². The third-order valence-electron chi connectivity index (χ3n) is 6.70. The maximum Gasteiger partial charge on any atom is 0.414 e. The zero-order valence-electron chi connectivity index (χ0n) is 22.4. The molecule has 3 saturated heterocycles. The Labute approximate surface area is 219 Å². The summed E-state index contributed by atoms with van der Waals surface area (Å²) in [6.45, 7) is 14.3. The quantitative estimate of drug-likeness (QED) is 0.219. The van der Waals surface area contributed by atoms with Gasteiger partial charge in [-0.1, -0.05) is 0 Å². The Morgan fingerprint density at radius 1 is 1.00 bits per heavy atom. The van der Waals surface area contributed by atoms with Gasteiger partial charge in [0.2, 0.25) is 5.96 Å². The molecule has 13 heteroatoms. The summed E-state index contributed by atoms with van der Waals surface area (Å²) in [6.07, 6.45) is 0.857. The number of carbonyl (C=O) groups is 3. The number of unbranched alkanes of at least 4 members (excludes halogenated alkanes) is 1. The van der Waals surface area contributed by atoms with Gasteiger partial charge in [-0.05, 0) is 40.2 Å². The second-order valence-corrected chi connectivity index (χ2v) is 10.9. The molecule has 3 aliphatic heterocycles. The van der Waals surface area contributed by atoms with Crippen LogP contribution in [-0.2, 0) is 14.3 Å². The van der Waals surface area contributed by atoms with Crippen molar-refractivity contribution in [2.24, 2.45) is 0 Å². The molecule has 3 N–H and O–H groups in total. The lowest BCUT2D eigenvalue weighted by Gasteiger charge is -2.36.